The zero-order valence-electron chi connectivity index (χ0n) is 11.5. The van der Waals surface area contributed by atoms with Crippen molar-refractivity contribution in [1.82, 2.24) is 10.3 Å². The monoisotopic (exact) mass is 264 g/mol. The second-order valence-electron chi connectivity index (χ2n) is 5.54. The van der Waals surface area contributed by atoms with Crippen LogP contribution in [-0.4, -0.2) is 28.5 Å². The molecule has 0 aliphatic carbocycles. The van der Waals surface area contributed by atoms with Crippen LogP contribution in [0, 0.1) is 11.3 Å². The average molecular weight is 264 g/mol. The van der Waals surface area contributed by atoms with Gasteiger partial charge in [-0.2, -0.15) is 0 Å². The zero-order chi connectivity index (χ0) is 14.5. The van der Waals surface area contributed by atoms with Gasteiger partial charge in [0.25, 0.3) is 0 Å². The van der Waals surface area contributed by atoms with Gasteiger partial charge < -0.3 is 10.4 Å². The highest BCUT2D eigenvalue weighted by molar-refractivity contribution is 5.97. The van der Waals surface area contributed by atoms with Crippen LogP contribution in [0.15, 0.2) is 24.5 Å². The minimum absolute atomic E-state index is 0.407. The van der Waals surface area contributed by atoms with Gasteiger partial charge in [-0.1, -0.05) is 26.8 Å². The summed E-state index contributed by atoms with van der Waals surface area (Å²) in [5.74, 6) is -2.57. The van der Waals surface area contributed by atoms with Crippen molar-refractivity contribution in [3.05, 3.63) is 30.1 Å². The van der Waals surface area contributed by atoms with Crippen LogP contribution in [0.5, 0.6) is 0 Å². The van der Waals surface area contributed by atoms with E-state index in [1.54, 1.807) is 33.2 Å². The van der Waals surface area contributed by atoms with Gasteiger partial charge in [0.05, 0.1) is 0 Å². The van der Waals surface area contributed by atoms with E-state index >= 15 is 0 Å². The Labute approximate surface area is 113 Å². The largest absolute Gasteiger partial charge is 0.481 e. The third kappa shape index (κ3) is 4.69. The van der Waals surface area contributed by atoms with Crippen molar-refractivity contribution >= 4 is 11.9 Å². The first-order valence-corrected chi connectivity index (χ1v) is 6.22. The number of hydrogen-bond donors (Lipinski definition) is 2. The molecule has 5 nitrogen and oxygen atoms in total. The molecular formula is C14H20N2O3. The number of amides is 1. The van der Waals surface area contributed by atoms with Gasteiger partial charge in [0.15, 0.2) is 0 Å². The fraction of sp³-hybridized carbons (Fsp3) is 0.500. The fourth-order valence-corrected chi connectivity index (χ4v) is 1.85. The molecule has 0 saturated heterocycles. The molecule has 19 heavy (non-hydrogen) atoms. The van der Waals surface area contributed by atoms with Crippen LogP contribution in [0.3, 0.4) is 0 Å². The molecule has 1 rings (SSSR count). The van der Waals surface area contributed by atoms with Crippen molar-refractivity contribution in [1.29, 1.82) is 0 Å². The first kappa shape index (κ1) is 15.1. The molecule has 2 N–H and O–H groups in total. The standard InChI is InChI=1S/C14H20N2O3/c1-14(2,3)11(13(18)19)12(17)16-8-6-10-5-4-7-15-9-10/h4-5,7,9,11H,6,8H2,1-3H3,(H,16,17)(H,18,19). The highest BCUT2D eigenvalue weighted by Crippen LogP contribution is 2.26. The summed E-state index contributed by atoms with van der Waals surface area (Å²) in [7, 11) is 0. The molecule has 0 saturated carbocycles. The smallest absolute Gasteiger partial charge is 0.316 e. The Morgan fingerprint density at radius 3 is 2.58 bits per heavy atom. The second kappa shape index (κ2) is 6.31. The van der Waals surface area contributed by atoms with Gasteiger partial charge in [0.1, 0.15) is 5.92 Å². The Morgan fingerprint density at radius 1 is 1.42 bits per heavy atom. The third-order valence-corrected chi connectivity index (χ3v) is 2.81. The van der Waals surface area contributed by atoms with Crippen molar-refractivity contribution < 1.29 is 14.7 Å². The van der Waals surface area contributed by atoms with Gasteiger partial charge >= 0.3 is 5.97 Å². The molecule has 5 heteroatoms. The van der Waals surface area contributed by atoms with Crippen LogP contribution >= 0.6 is 0 Å². The Bertz CT molecular complexity index is 438. The summed E-state index contributed by atoms with van der Waals surface area (Å²) < 4.78 is 0. The highest BCUT2D eigenvalue weighted by atomic mass is 16.4. The molecule has 1 aromatic rings. The van der Waals surface area contributed by atoms with Crippen LogP contribution < -0.4 is 5.32 Å². The molecular weight excluding hydrogens is 244 g/mol. The van der Waals surface area contributed by atoms with Gasteiger partial charge in [0.2, 0.25) is 5.91 Å². The molecule has 0 spiro atoms. The van der Waals surface area contributed by atoms with Gasteiger partial charge in [0, 0.05) is 18.9 Å². The van der Waals surface area contributed by atoms with Crippen LogP contribution in [0.25, 0.3) is 0 Å². The first-order chi connectivity index (χ1) is 8.82. The Kier molecular flexibility index (Phi) is 5.03. The molecule has 1 heterocycles. The van der Waals surface area contributed by atoms with E-state index in [1.165, 1.54) is 0 Å². The normalized spacial score (nSPS) is 12.8. The van der Waals surface area contributed by atoms with Gasteiger partial charge in [-0.05, 0) is 23.5 Å². The van der Waals surface area contributed by atoms with E-state index in [0.717, 1.165) is 5.56 Å². The van der Waals surface area contributed by atoms with Crippen LogP contribution in [0.2, 0.25) is 0 Å². The van der Waals surface area contributed by atoms with Gasteiger partial charge in [-0.25, -0.2) is 0 Å². The quantitative estimate of drug-likeness (QED) is 0.790. The third-order valence-electron chi connectivity index (χ3n) is 2.81. The number of pyridine rings is 1. The first-order valence-electron chi connectivity index (χ1n) is 6.22. The molecule has 0 bridgehead atoms. The van der Waals surface area contributed by atoms with Crippen LogP contribution in [0.1, 0.15) is 26.3 Å². The van der Waals surface area contributed by atoms with E-state index in [0.29, 0.717) is 13.0 Å². The minimum atomic E-state index is -1.09. The average Bonchev–Trinajstić information content (AvgIpc) is 2.27. The lowest BCUT2D eigenvalue weighted by atomic mass is 9.80. The van der Waals surface area contributed by atoms with Crippen LogP contribution in [-0.2, 0) is 16.0 Å². The summed E-state index contributed by atoms with van der Waals surface area (Å²) in [6.07, 6.45) is 4.04. The fourth-order valence-electron chi connectivity index (χ4n) is 1.85. The number of nitrogens with zero attached hydrogens (tertiary/aromatic N) is 1. The number of aromatic nitrogens is 1. The van der Waals surface area contributed by atoms with E-state index in [9.17, 15) is 9.59 Å². The van der Waals surface area contributed by atoms with Crippen molar-refractivity contribution in [3.63, 3.8) is 0 Å². The van der Waals surface area contributed by atoms with E-state index in [2.05, 4.69) is 10.3 Å². The van der Waals surface area contributed by atoms with E-state index < -0.39 is 23.2 Å². The topological polar surface area (TPSA) is 79.3 Å². The molecule has 0 aliphatic heterocycles. The van der Waals surface area contributed by atoms with Gasteiger partial charge in [-0.15, -0.1) is 0 Å². The van der Waals surface area contributed by atoms with E-state index in [4.69, 9.17) is 5.11 Å². The van der Waals surface area contributed by atoms with Crippen LogP contribution in [0.4, 0.5) is 0 Å². The molecule has 1 unspecified atom stereocenters. The minimum Gasteiger partial charge on any atom is -0.481 e. The summed E-state index contributed by atoms with van der Waals surface area (Å²) in [4.78, 5) is 27.0. The Morgan fingerprint density at radius 2 is 2.11 bits per heavy atom. The summed E-state index contributed by atoms with van der Waals surface area (Å²) in [6.45, 7) is 5.63. The SMILES string of the molecule is CC(C)(C)C(C(=O)O)C(=O)NCCc1cccnc1. The molecule has 0 aromatic carbocycles. The molecule has 0 fully saturated rings. The van der Waals surface area contributed by atoms with Crippen molar-refractivity contribution in [2.45, 2.75) is 27.2 Å². The lowest BCUT2D eigenvalue weighted by Gasteiger charge is -2.25. The lowest BCUT2D eigenvalue weighted by molar-refractivity contribution is -0.151. The summed E-state index contributed by atoms with van der Waals surface area (Å²) in [6, 6.07) is 3.74. The van der Waals surface area contributed by atoms with Crippen molar-refractivity contribution in [2.24, 2.45) is 11.3 Å². The molecule has 0 radical (unpaired) electrons. The maximum atomic E-state index is 11.9. The van der Waals surface area contributed by atoms with Gasteiger partial charge in [-0.3, -0.25) is 14.6 Å². The second-order valence-corrected chi connectivity index (χ2v) is 5.54. The van der Waals surface area contributed by atoms with Crippen molar-refractivity contribution in [2.75, 3.05) is 6.54 Å². The molecule has 1 atom stereocenters. The predicted molar refractivity (Wildman–Crippen MR) is 71.5 cm³/mol. The highest BCUT2D eigenvalue weighted by Gasteiger charge is 2.37. The number of hydrogen-bond acceptors (Lipinski definition) is 3. The number of aliphatic carboxylic acids is 1. The maximum Gasteiger partial charge on any atom is 0.316 e. The summed E-state index contributed by atoms with van der Waals surface area (Å²) in [5, 5.41) is 11.8. The molecule has 1 amide bonds. The molecule has 104 valence electrons. The Hall–Kier alpha value is -1.91. The summed E-state index contributed by atoms with van der Waals surface area (Å²) >= 11 is 0. The number of carboxylic acid groups (broad SMARTS) is 1. The number of carbonyl (C=O) groups is 2. The van der Waals surface area contributed by atoms with Crippen molar-refractivity contribution in [3.8, 4) is 0 Å². The predicted octanol–water partition coefficient (Wildman–Crippen LogP) is 1.49. The van der Waals surface area contributed by atoms with E-state index in [-0.39, 0.29) is 0 Å². The molecule has 0 aliphatic rings. The Balaban J connectivity index is 2.52. The number of rotatable bonds is 5. The number of nitrogens with one attached hydrogen (secondary N) is 1. The number of carboxylic acids is 1. The lowest BCUT2D eigenvalue weighted by Crippen LogP contribution is -2.43. The maximum absolute atomic E-state index is 11.9. The zero-order valence-corrected chi connectivity index (χ0v) is 11.5. The van der Waals surface area contributed by atoms with E-state index in [1.807, 2.05) is 12.1 Å². The molecule has 1 aromatic heterocycles. The summed E-state index contributed by atoms with van der Waals surface area (Å²) in [5.41, 5.74) is 0.398. The number of carbonyl (C=O) groups excluding carboxylic acids is 1.